The first-order valence-electron chi connectivity index (χ1n) is 7.43. The summed E-state index contributed by atoms with van der Waals surface area (Å²) < 4.78 is 7.35. The highest BCUT2D eigenvalue weighted by Crippen LogP contribution is 2.29. The van der Waals surface area contributed by atoms with Crippen LogP contribution in [0, 0.1) is 0 Å². The lowest BCUT2D eigenvalue weighted by Crippen LogP contribution is -2.06. The van der Waals surface area contributed by atoms with E-state index in [0.29, 0.717) is 16.6 Å². The molecule has 1 heterocycles. The second-order valence-electron chi connectivity index (χ2n) is 5.32. The van der Waals surface area contributed by atoms with Gasteiger partial charge in [0.2, 0.25) is 5.95 Å². The Hall–Kier alpha value is -2.17. The maximum Gasteiger partial charge on any atom is 0.203 e. The third-order valence-electron chi connectivity index (χ3n) is 3.83. The van der Waals surface area contributed by atoms with Crippen LogP contribution in [-0.2, 0) is 13.6 Å². The molecule has 24 heavy (non-hydrogen) atoms. The van der Waals surface area contributed by atoms with Crippen molar-refractivity contribution in [3.63, 3.8) is 0 Å². The van der Waals surface area contributed by atoms with E-state index in [1.54, 1.807) is 13.2 Å². The molecule has 0 unspecified atom stereocenters. The molecule has 0 aliphatic rings. The highest BCUT2D eigenvalue weighted by molar-refractivity contribution is 6.42. The number of hydrogen-bond donors (Lipinski definition) is 1. The number of ether oxygens (including phenoxy) is 1. The molecule has 1 N–H and O–H groups in total. The van der Waals surface area contributed by atoms with Crippen molar-refractivity contribution < 1.29 is 4.74 Å². The van der Waals surface area contributed by atoms with Crippen LogP contribution in [0.1, 0.15) is 5.56 Å². The second kappa shape index (κ2) is 7.16. The van der Waals surface area contributed by atoms with Crippen molar-refractivity contribution in [2.45, 2.75) is 6.54 Å². The van der Waals surface area contributed by atoms with E-state index in [4.69, 9.17) is 27.9 Å². The third kappa shape index (κ3) is 3.35. The molecule has 0 atom stereocenters. The predicted molar refractivity (Wildman–Crippen MR) is 99.0 cm³/mol. The molecule has 2 aromatic carbocycles. The fourth-order valence-corrected chi connectivity index (χ4v) is 2.82. The SMILES string of the molecule is COc1ccccc1CNc1ncc(-c2ccc(Cl)c(Cl)c2)n1C. The van der Waals surface area contributed by atoms with E-state index in [-0.39, 0.29) is 0 Å². The van der Waals surface area contributed by atoms with Gasteiger partial charge in [-0.25, -0.2) is 4.98 Å². The van der Waals surface area contributed by atoms with E-state index in [9.17, 15) is 0 Å². The van der Waals surface area contributed by atoms with Crippen molar-refractivity contribution in [1.29, 1.82) is 0 Å². The molecular formula is C18H17Cl2N3O. The van der Waals surface area contributed by atoms with Gasteiger partial charge >= 0.3 is 0 Å². The second-order valence-corrected chi connectivity index (χ2v) is 6.13. The minimum absolute atomic E-state index is 0.527. The van der Waals surface area contributed by atoms with Gasteiger partial charge in [0, 0.05) is 24.7 Å². The molecule has 0 aliphatic carbocycles. The molecule has 1 aromatic heterocycles. The van der Waals surface area contributed by atoms with Crippen molar-refractivity contribution in [2.75, 3.05) is 12.4 Å². The molecule has 0 radical (unpaired) electrons. The Kier molecular flexibility index (Phi) is 4.97. The predicted octanol–water partition coefficient (Wildman–Crippen LogP) is 5.01. The number of rotatable bonds is 5. The van der Waals surface area contributed by atoms with E-state index in [1.807, 2.05) is 54.2 Å². The van der Waals surface area contributed by atoms with Crippen LogP contribution in [0.15, 0.2) is 48.7 Å². The van der Waals surface area contributed by atoms with Crippen molar-refractivity contribution in [1.82, 2.24) is 9.55 Å². The summed E-state index contributed by atoms with van der Waals surface area (Å²) in [6, 6.07) is 13.4. The molecule has 0 spiro atoms. The Morgan fingerprint density at radius 2 is 1.92 bits per heavy atom. The Labute approximate surface area is 151 Å². The fraction of sp³-hybridized carbons (Fsp3) is 0.167. The third-order valence-corrected chi connectivity index (χ3v) is 4.57. The number of benzene rings is 2. The largest absolute Gasteiger partial charge is 0.496 e. The Bertz CT molecular complexity index is 861. The first kappa shape index (κ1) is 16.7. The van der Waals surface area contributed by atoms with Crippen LogP contribution in [0.25, 0.3) is 11.3 Å². The number of hydrogen-bond acceptors (Lipinski definition) is 3. The normalized spacial score (nSPS) is 10.7. The van der Waals surface area contributed by atoms with Gasteiger partial charge in [0.25, 0.3) is 0 Å². The summed E-state index contributed by atoms with van der Waals surface area (Å²) in [5, 5.41) is 4.40. The number of anilines is 1. The average molecular weight is 362 g/mol. The summed E-state index contributed by atoms with van der Waals surface area (Å²) in [6.07, 6.45) is 1.81. The van der Waals surface area contributed by atoms with Gasteiger partial charge in [0.05, 0.1) is 29.0 Å². The lowest BCUT2D eigenvalue weighted by molar-refractivity contribution is 0.410. The lowest BCUT2D eigenvalue weighted by atomic mass is 10.2. The number of para-hydroxylation sites is 1. The van der Waals surface area contributed by atoms with Crippen molar-refractivity contribution in [3.8, 4) is 17.0 Å². The van der Waals surface area contributed by atoms with Gasteiger partial charge in [0.15, 0.2) is 0 Å². The van der Waals surface area contributed by atoms with Gasteiger partial charge in [0.1, 0.15) is 5.75 Å². The highest BCUT2D eigenvalue weighted by atomic mass is 35.5. The zero-order valence-electron chi connectivity index (χ0n) is 13.4. The van der Waals surface area contributed by atoms with Gasteiger partial charge < -0.3 is 14.6 Å². The van der Waals surface area contributed by atoms with Crippen molar-refractivity contribution in [3.05, 3.63) is 64.3 Å². The Morgan fingerprint density at radius 1 is 1.12 bits per heavy atom. The maximum atomic E-state index is 6.11. The molecule has 0 saturated carbocycles. The number of aromatic nitrogens is 2. The quantitative estimate of drug-likeness (QED) is 0.693. The molecular weight excluding hydrogens is 345 g/mol. The summed E-state index contributed by atoms with van der Waals surface area (Å²) in [5.41, 5.74) is 2.99. The number of nitrogens with one attached hydrogen (secondary N) is 1. The van der Waals surface area contributed by atoms with Crippen LogP contribution in [0.4, 0.5) is 5.95 Å². The molecule has 124 valence electrons. The van der Waals surface area contributed by atoms with E-state index in [0.717, 1.165) is 28.5 Å². The van der Waals surface area contributed by atoms with Gasteiger partial charge in [-0.05, 0) is 18.2 Å². The maximum absolute atomic E-state index is 6.11. The fourth-order valence-electron chi connectivity index (χ4n) is 2.52. The van der Waals surface area contributed by atoms with Gasteiger partial charge in [-0.1, -0.05) is 47.5 Å². The zero-order valence-corrected chi connectivity index (χ0v) is 14.9. The van der Waals surface area contributed by atoms with Gasteiger partial charge in [-0.3, -0.25) is 0 Å². The first-order valence-corrected chi connectivity index (χ1v) is 8.18. The first-order chi connectivity index (χ1) is 11.6. The number of halogens is 2. The minimum Gasteiger partial charge on any atom is -0.496 e. The molecule has 4 nitrogen and oxygen atoms in total. The number of imidazole rings is 1. The van der Waals surface area contributed by atoms with E-state index < -0.39 is 0 Å². The summed E-state index contributed by atoms with van der Waals surface area (Å²) in [7, 11) is 3.62. The zero-order chi connectivity index (χ0) is 17.1. The van der Waals surface area contributed by atoms with Crippen molar-refractivity contribution in [2.24, 2.45) is 7.05 Å². The summed E-state index contributed by atoms with van der Waals surface area (Å²) in [4.78, 5) is 4.45. The molecule has 0 saturated heterocycles. The van der Waals surface area contributed by atoms with Crippen LogP contribution in [0.5, 0.6) is 5.75 Å². The van der Waals surface area contributed by atoms with Crippen LogP contribution in [0.2, 0.25) is 10.0 Å². The van der Waals surface area contributed by atoms with Crippen LogP contribution in [0.3, 0.4) is 0 Å². The molecule has 0 amide bonds. The van der Waals surface area contributed by atoms with E-state index >= 15 is 0 Å². The van der Waals surface area contributed by atoms with Crippen LogP contribution in [-0.4, -0.2) is 16.7 Å². The molecule has 3 rings (SSSR count). The number of methoxy groups -OCH3 is 1. The van der Waals surface area contributed by atoms with E-state index in [1.165, 1.54) is 0 Å². The van der Waals surface area contributed by atoms with Gasteiger partial charge in [-0.2, -0.15) is 0 Å². The number of nitrogens with zero attached hydrogens (tertiary/aromatic N) is 2. The van der Waals surface area contributed by atoms with E-state index in [2.05, 4.69) is 10.3 Å². The molecule has 0 bridgehead atoms. The standard InChI is InChI=1S/C18H17Cl2N3O/c1-23-16(12-7-8-14(19)15(20)9-12)11-22-18(23)21-10-13-5-3-4-6-17(13)24-2/h3-9,11H,10H2,1-2H3,(H,21,22). The molecule has 6 heteroatoms. The summed E-state index contributed by atoms with van der Waals surface area (Å²) in [6.45, 7) is 0.621. The smallest absolute Gasteiger partial charge is 0.203 e. The minimum atomic E-state index is 0.527. The Balaban J connectivity index is 1.81. The molecule has 3 aromatic rings. The molecule has 0 fully saturated rings. The average Bonchev–Trinajstić information content (AvgIpc) is 2.96. The molecule has 0 aliphatic heterocycles. The van der Waals surface area contributed by atoms with Gasteiger partial charge in [-0.15, -0.1) is 0 Å². The van der Waals surface area contributed by atoms with Crippen LogP contribution >= 0.6 is 23.2 Å². The Morgan fingerprint density at radius 3 is 2.67 bits per heavy atom. The monoisotopic (exact) mass is 361 g/mol. The van der Waals surface area contributed by atoms with Crippen molar-refractivity contribution >= 4 is 29.2 Å². The summed E-state index contributed by atoms with van der Waals surface area (Å²) in [5.74, 6) is 1.62. The lowest BCUT2D eigenvalue weighted by Gasteiger charge is -2.11. The summed E-state index contributed by atoms with van der Waals surface area (Å²) >= 11 is 12.1. The van der Waals surface area contributed by atoms with Crippen LogP contribution < -0.4 is 10.1 Å². The highest BCUT2D eigenvalue weighted by Gasteiger charge is 2.10. The topological polar surface area (TPSA) is 39.1 Å².